The van der Waals surface area contributed by atoms with E-state index in [-0.39, 0.29) is 0 Å². The second-order valence-electron chi connectivity index (χ2n) is 4.39. The molecule has 3 heteroatoms. The van der Waals surface area contributed by atoms with E-state index in [4.69, 9.17) is 11.6 Å². The lowest BCUT2D eigenvalue weighted by atomic mass is 10.1. The summed E-state index contributed by atoms with van der Waals surface area (Å²) in [6, 6.07) is 18.8. The van der Waals surface area contributed by atoms with Gasteiger partial charge < -0.3 is 5.32 Å². The van der Waals surface area contributed by atoms with E-state index in [9.17, 15) is 0 Å². The van der Waals surface area contributed by atoms with Crippen LogP contribution in [0.2, 0.25) is 5.02 Å². The van der Waals surface area contributed by atoms with Crippen molar-refractivity contribution in [1.29, 1.82) is 0 Å². The van der Waals surface area contributed by atoms with Gasteiger partial charge in [-0.05, 0) is 36.8 Å². The Bertz CT molecular complexity index is 501. The minimum absolute atomic E-state index is 0.329. The van der Waals surface area contributed by atoms with E-state index >= 15 is 0 Å². The van der Waals surface area contributed by atoms with Crippen LogP contribution >= 0.6 is 23.4 Å². The molecule has 2 aromatic carbocycles. The first-order valence-corrected chi connectivity index (χ1v) is 7.79. The number of rotatable bonds is 6. The molecule has 0 spiro atoms. The van der Waals surface area contributed by atoms with Gasteiger partial charge in [-0.3, -0.25) is 0 Å². The molecule has 1 N–H and O–H groups in total. The van der Waals surface area contributed by atoms with E-state index in [0.717, 1.165) is 17.3 Å². The third-order valence-corrected chi connectivity index (χ3v) is 4.16. The van der Waals surface area contributed by atoms with Crippen LogP contribution < -0.4 is 5.32 Å². The Hall–Kier alpha value is -0.960. The van der Waals surface area contributed by atoms with Crippen LogP contribution in [0.15, 0.2) is 59.5 Å². The minimum atomic E-state index is 0.329. The van der Waals surface area contributed by atoms with Gasteiger partial charge in [-0.2, -0.15) is 0 Å². The molecule has 0 aliphatic carbocycles. The lowest BCUT2D eigenvalue weighted by Crippen LogP contribution is -2.21. The minimum Gasteiger partial charge on any atom is -0.309 e. The average Bonchev–Trinajstić information content (AvgIpc) is 2.44. The van der Waals surface area contributed by atoms with Crippen LogP contribution in [0.3, 0.4) is 0 Å². The van der Waals surface area contributed by atoms with Gasteiger partial charge >= 0.3 is 0 Å². The second-order valence-corrected chi connectivity index (χ2v) is 6.00. The molecule has 0 fully saturated rings. The zero-order valence-electron chi connectivity index (χ0n) is 11.0. The van der Waals surface area contributed by atoms with Crippen molar-refractivity contribution >= 4 is 23.4 Å². The van der Waals surface area contributed by atoms with Crippen molar-refractivity contribution in [2.24, 2.45) is 0 Å². The van der Waals surface area contributed by atoms with Gasteiger partial charge in [-0.25, -0.2) is 0 Å². The van der Waals surface area contributed by atoms with Crippen molar-refractivity contribution in [3.63, 3.8) is 0 Å². The van der Waals surface area contributed by atoms with E-state index in [1.165, 1.54) is 10.5 Å². The molecule has 2 aromatic rings. The summed E-state index contributed by atoms with van der Waals surface area (Å²) in [6.45, 7) is 3.14. The van der Waals surface area contributed by atoms with E-state index in [0.29, 0.717) is 6.04 Å². The van der Waals surface area contributed by atoms with E-state index in [1.54, 1.807) is 0 Å². The summed E-state index contributed by atoms with van der Waals surface area (Å²) in [6.07, 6.45) is 0. The molecule has 0 unspecified atom stereocenters. The van der Waals surface area contributed by atoms with Crippen molar-refractivity contribution in [3.8, 4) is 0 Å². The normalized spacial score (nSPS) is 12.3. The van der Waals surface area contributed by atoms with Gasteiger partial charge in [-0.15, -0.1) is 11.8 Å². The zero-order chi connectivity index (χ0) is 13.5. The molecule has 0 radical (unpaired) electrons. The summed E-state index contributed by atoms with van der Waals surface area (Å²) in [7, 11) is 0. The Kier molecular flexibility index (Phi) is 5.77. The molecule has 19 heavy (non-hydrogen) atoms. The van der Waals surface area contributed by atoms with Gasteiger partial charge in [0.25, 0.3) is 0 Å². The molecule has 1 nitrogen and oxygen atoms in total. The van der Waals surface area contributed by atoms with Crippen LogP contribution in [0.25, 0.3) is 0 Å². The summed E-state index contributed by atoms with van der Waals surface area (Å²) in [5.41, 5.74) is 1.23. The van der Waals surface area contributed by atoms with Crippen LogP contribution in [-0.4, -0.2) is 12.3 Å². The monoisotopic (exact) mass is 291 g/mol. The molecular weight excluding hydrogens is 274 g/mol. The lowest BCUT2D eigenvalue weighted by molar-refractivity contribution is 0.601. The molecule has 1 atom stereocenters. The predicted octanol–water partition coefficient (Wildman–Crippen LogP) is 4.78. The van der Waals surface area contributed by atoms with Gasteiger partial charge in [-0.1, -0.05) is 41.9 Å². The van der Waals surface area contributed by atoms with Crippen molar-refractivity contribution in [2.45, 2.75) is 17.9 Å². The Labute approximate surface area is 124 Å². The fourth-order valence-corrected chi connectivity index (χ4v) is 2.86. The number of halogens is 1. The highest BCUT2D eigenvalue weighted by Crippen LogP contribution is 2.19. The van der Waals surface area contributed by atoms with E-state index in [1.807, 2.05) is 36.0 Å². The first kappa shape index (κ1) is 14.4. The highest BCUT2D eigenvalue weighted by atomic mass is 35.5. The molecule has 2 rings (SSSR count). The van der Waals surface area contributed by atoms with Crippen LogP contribution in [0.1, 0.15) is 18.5 Å². The lowest BCUT2D eigenvalue weighted by Gasteiger charge is -2.14. The molecule has 0 aromatic heterocycles. The maximum absolute atomic E-state index is 6.00. The third kappa shape index (κ3) is 4.90. The highest BCUT2D eigenvalue weighted by Gasteiger charge is 2.04. The molecule has 0 saturated carbocycles. The summed E-state index contributed by atoms with van der Waals surface area (Å²) in [5.74, 6) is 1.06. The molecule has 0 amide bonds. The third-order valence-electron chi connectivity index (χ3n) is 2.91. The van der Waals surface area contributed by atoms with E-state index < -0.39 is 0 Å². The summed E-state index contributed by atoms with van der Waals surface area (Å²) in [4.78, 5) is 1.32. The Morgan fingerprint density at radius 3 is 2.63 bits per heavy atom. The van der Waals surface area contributed by atoms with Crippen molar-refractivity contribution in [2.75, 3.05) is 12.3 Å². The largest absolute Gasteiger partial charge is 0.309 e. The van der Waals surface area contributed by atoms with Crippen molar-refractivity contribution in [1.82, 2.24) is 5.32 Å². The molecule has 0 aliphatic heterocycles. The van der Waals surface area contributed by atoms with Crippen LogP contribution in [-0.2, 0) is 0 Å². The number of nitrogens with one attached hydrogen (secondary N) is 1. The molecule has 0 saturated heterocycles. The van der Waals surface area contributed by atoms with Gasteiger partial charge in [0.05, 0.1) is 0 Å². The quantitative estimate of drug-likeness (QED) is 0.607. The topological polar surface area (TPSA) is 12.0 Å². The number of thioether (sulfide) groups is 1. The summed E-state index contributed by atoms with van der Waals surface area (Å²) in [5, 5.41) is 4.31. The average molecular weight is 292 g/mol. The maximum Gasteiger partial charge on any atom is 0.0409 e. The van der Waals surface area contributed by atoms with Crippen LogP contribution in [0, 0.1) is 0 Å². The maximum atomic E-state index is 6.00. The second kappa shape index (κ2) is 7.59. The first-order valence-electron chi connectivity index (χ1n) is 6.42. The first-order chi connectivity index (χ1) is 9.25. The fourth-order valence-electron chi connectivity index (χ4n) is 1.85. The molecular formula is C16H18ClNS. The number of hydrogen-bond acceptors (Lipinski definition) is 2. The molecule has 0 bridgehead atoms. The Morgan fingerprint density at radius 1 is 1.11 bits per heavy atom. The van der Waals surface area contributed by atoms with Gasteiger partial charge in [0.15, 0.2) is 0 Å². The fraction of sp³-hybridized carbons (Fsp3) is 0.250. The van der Waals surface area contributed by atoms with Crippen LogP contribution in [0.4, 0.5) is 0 Å². The van der Waals surface area contributed by atoms with Crippen LogP contribution in [0.5, 0.6) is 0 Å². The molecule has 0 heterocycles. The van der Waals surface area contributed by atoms with Gasteiger partial charge in [0, 0.05) is 28.3 Å². The van der Waals surface area contributed by atoms with Gasteiger partial charge in [0.1, 0.15) is 0 Å². The summed E-state index contributed by atoms with van der Waals surface area (Å²) < 4.78 is 0. The standard InChI is InChI=1S/C16H18ClNS/c1-13(14-6-5-7-15(17)12-14)18-10-11-19-16-8-3-2-4-9-16/h2-9,12-13,18H,10-11H2,1H3/t13-/m0/s1. The van der Waals surface area contributed by atoms with E-state index in [2.05, 4.69) is 42.6 Å². The number of benzene rings is 2. The molecule has 100 valence electrons. The Morgan fingerprint density at radius 2 is 1.89 bits per heavy atom. The van der Waals surface area contributed by atoms with Crippen molar-refractivity contribution < 1.29 is 0 Å². The predicted molar refractivity (Wildman–Crippen MR) is 85.0 cm³/mol. The van der Waals surface area contributed by atoms with Crippen molar-refractivity contribution in [3.05, 3.63) is 65.2 Å². The van der Waals surface area contributed by atoms with Gasteiger partial charge in [0.2, 0.25) is 0 Å². The Balaban J connectivity index is 1.74. The zero-order valence-corrected chi connectivity index (χ0v) is 12.5. The SMILES string of the molecule is C[C@H](NCCSc1ccccc1)c1cccc(Cl)c1. The molecule has 0 aliphatic rings. The highest BCUT2D eigenvalue weighted by molar-refractivity contribution is 7.99. The summed E-state index contributed by atoms with van der Waals surface area (Å²) >= 11 is 7.87. The number of hydrogen-bond donors (Lipinski definition) is 1. The smallest absolute Gasteiger partial charge is 0.0409 e.